The average Bonchev–Trinajstić information content (AvgIpc) is 2.29. The van der Waals surface area contributed by atoms with Gasteiger partial charge in [-0.2, -0.15) is 0 Å². The molecule has 0 aliphatic rings. The van der Waals surface area contributed by atoms with Gasteiger partial charge in [0.15, 0.2) is 0 Å². The molecule has 0 bridgehead atoms. The maximum absolute atomic E-state index is 8.98. The van der Waals surface area contributed by atoms with Crippen molar-refractivity contribution in [2.24, 2.45) is 0 Å². The van der Waals surface area contributed by atoms with E-state index in [4.69, 9.17) is 5.11 Å². The molecular weight excluding hydrogens is 188 g/mol. The van der Waals surface area contributed by atoms with Crippen LogP contribution in [0, 0.1) is 0 Å². The minimum atomic E-state index is 0.0170. The van der Waals surface area contributed by atoms with E-state index in [9.17, 15) is 0 Å². The molecule has 0 amide bonds. The highest BCUT2D eigenvalue weighted by Gasteiger charge is 2.04. The quantitative estimate of drug-likeness (QED) is 0.800. The number of nitrogens with zero attached hydrogens (tertiary/aromatic N) is 1. The monoisotopic (exact) mass is 202 g/mol. The Kier molecular flexibility index (Phi) is 2.83. The van der Waals surface area contributed by atoms with Gasteiger partial charge in [-0.15, -0.1) is 0 Å². The molecule has 15 heavy (non-hydrogen) atoms. The maximum Gasteiger partial charge on any atom is 0.134 e. The number of aromatic nitrogens is 1. The molecule has 0 saturated heterocycles. The first-order valence-electron chi connectivity index (χ1n) is 5.02. The maximum atomic E-state index is 8.98. The Morgan fingerprint density at radius 2 is 2.13 bits per heavy atom. The molecule has 2 N–H and O–H groups in total. The van der Waals surface area contributed by atoms with E-state index in [1.807, 2.05) is 37.3 Å². The van der Waals surface area contributed by atoms with Crippen molar-refractivity contribution in [1.29, 1.82) is 0 Å². The molecular formula is C12H14N2O. The van der Waals surface area contributed by atoms with Crippen molar-refractivity contribution in [1.82, 2.24) is 4.98 Å². The van der Waals surface area contributed by atoms with Crippen molar-refractivity contribution < 1.29 is 5.11 Å². The zero-order valence-corrected chi connectivity index (χ0v) is 8.64. The molecule has 0 saturated carbocycles. The number of fused-ring (bicyclic) bond motifs is 1. The van der Waals surface area contributed by atoms with Crippen LogP contribution >= 0.6 is 0 Å². The summed E-state index contributed by atoms with van der Waals surface area (Å²) in [6.45, 7) is 2.02. The standard InChI is InChI=1S/C12H14N2O/c1-9(8-15)14-12-11-5-3-2-4-10(11)6-7-13-12/h2-7,9,15H,8H2,1H3,(H,13,14). The van der Waals surface area contributed by atoms with Crippen molar-refractivity contribution in [3.8, 4) is 0 Å². The van der Waals surface area contributed by atoms with Gasteiger partial charge in [-0.3, -0.25) is 0 Å². The lowest BCUT2D eigenvalue weighted by molar-refractivity contribution is 0.281. The third kappa shape index (κ3) is 2.07. The lowest BCUT2D eigenvalue weighted by Gasteiger charge is -2.13. The third-order valence-corrected chi connectivity index (χ3v) is 2.33. The molecule has 3 nitrogen and oxygen atoms in total. The normalized spacial score (nSPS) is 12.7. The lowest BCUT2D eigenvalue weighted by atomic mass is 10.1. The van der Waals surface area contributed by atoms with Gasteiger partial charge in [0.25, 0.3) is 0 Å². The number of hydrogen-bond acceptors (Lipinski definition) is 3. The minimum Gasteiger partial charge on any atom is -0.394 e. The molecule has 0 fully saturated rings. The highest BCUT2D eigenvalue weighted by molar-refractivity contribution is 5.91. The van der Waals surface area contributed by atoms with Gasteiger partial charge in [-0.05, 0) is 18.4 Å². The summed E-state index contributed by atoms with van der Waals surface area (Å²) in [5.74, 6) is 0.828. The van der Waals surface area contributed by atoms with Crippen molar-refractivity contribution in [3.63, 3.8) is 0 Å². The van der Waals surface area contributed by atoms with E-state index in [0.29, 0.717) is 0 Å². The summed E-state index contributed by atoms with van der Waals surface area (Å²) in [7, 11) is 0. The van der Waals surface area contributed by atoms with E-state index in [-0.39, 0.29) is 12.6 Å². The van der Waals surface area contributed by atoms with Crippen molar-refractivity contribution >= 4 is 16.6 Å². The largest absolute Gasteiger partial charge is 0.394 e. The van der Waals surface area contributed by atoms with Crippen LogP contribution in [0.1, 0.15) is 6.92 Å². The second kappa shape index (κ2) is 4.28. The molecule has 78 valence electrons. The Labute approximate surface area is 88.8 Å². The molecule has 0 aliphatic heterocycles. The van der Waals surface area contributed by atoms with E-state index < -0.39 is 0 Å². The van der Waals surface area contributed by atoms with Gasteiger partial charge < -0.3 is 10.4 Å². The minimum absolute atomic E-state index is 0.0170. The van der Waals surface area contributed by atoms with Crippen LogP contribution in [0.4, 0.5) is 5.82 Å². The van der Waals surface area contributed by atoms with Crippen LogP contribution in [-0.2, 0) is 0 Å². The Bertz CT molecular complexity index is 451. The van der Waals surface area contributed by atoms with E-state index in [1.165, 1.54) is 0 Å². The van der Waals surface area contributed by atoms with Crippen LogP contribution in [0.2, 0.25) is 0 Å². The van der Waals surface area contributed by atoms with E-state index in [1.54, 1.807) is 6.20 Å². The number of hydrogen-bond donors (Lipinski definition) is 2. The van der Waals surface area contributed by atoms with E-state index >= 15 is 0 Å². The number of aliphatic hydroxyl groups is 1. The van der Waals surface area contributed by atoms with Crippen LogP contribution < -0.4 is 5.32 Å². The Morgan fingerprint density at radius 3 is 2.93 bits per heavy atom. The van der Waals surface area contributed by atoms with Crippen LogP contribution in [-0.4, -0.2) is 22.7 Å². The predicted molar refractivity (Wildman–Crippen MR) is 61.9 cm³/mol. The fourth-order valence-corrected chi connectivity index (χ4v) is 1.51. The number of pyridine rings is 1. The highest BCUT2D eigenvalue weighted by atomic mass is 16.3. The van der Waals surface area contributed by atoms with Crippen LogP contribution in [0.25, 0.3) is 10.8 Å². The van der Waals surface area contributed by atoms with Crippen molar-refractivity contribution in [2.75, 3.05) is 11.9 Å². The average molecular weight is 202 g/mol. The molecule has 1 atom stereocenters. The first-order chi connectivity index (χ1) is 7.31. The molecule has 1 unspecified atom stereocenters. The van der Waals surface area contributed by atoms with Gasteiger partial charge in [0.1, 0.15) is 5.82 Å². The summed E-state index contributed by atoms with van der Waals surface area (Å²) in [5.41, 5.74) is 0. The van der Waals surface area contributed by atoms with E-state index in [2.05, 4.69) is 10.3 Å². The Hall–Kier alpha value is -1.61. The topological polar surface area (TPSA) is 45.1 Å². The summed E-state index contributed by atoms with van der Waals surface area (Å²) < 4.78 is 0. The molecule has 0 spiro atoms. The molecule has 2 aromatic rings. The van der Waals surface area contributed by atoms with Gasteiger partial charge in [-0.25, -0.2) is 4.98 Å². The lowest BCUT2D eigenvalue weighted by Crippen LogP contribution is -2.20. The number of anilines is 1. The molecule has 2 rings (SSSR count). The van der Waals surface area contributed by atoms with Crippen LogP contribution in [0.3, 0.4) is 0 Å². The summed E-state index contributed by atoms with van der Waals surface area (Å²) in [6, 6.07) is 10.0. The van der Waals surface area contributed by atoms with Gasteiger partial charge in [0.05, 0.1) is 6.61 Å². The van der Waals surface area contributed by atoms with Crippen molar-refractivity contribution in [3.05, 3.63) is 36.5 Å². The molecule has 0 radical (unpaired) electrons. The second-order valence-electron chi connectivity index (χ2n) is 3.61. The smallest absolute Gasteiger partial charge is 0.134 e. The molecule has 1 heterocycles. The molecule has 1 aromatic carbocycles. The summed E-state index contributed by atoms with van der Waals surface area (Å²) in [6.07, 6.45) is 1.77. The SMILES string of the molecule is CC(CO)Nc1nccc2ccccc12. The predicted octanol–water partition coefficient (Wildman–Crippen LogP) is 2.03. The fraction of sp³-hybridized carbons (Fsp3) is 0.250. The van der Waals surface area contributed by atoms with Crippen molar-refractivity contribution in [2.45, 2.75) is 13.0 Å². The molecule has 1 aromatic heterocycles. The Balaban J connectivity index is 2.42. The number of aliphatic hydroxyl groups excluding tert-OH is 1. The summed E-state index contributed by atoms with van der Waals surface area (Å²) in [5, 5.41) is 14.4. The fourth-order valence-electron chi connectivity index (χ4n) is 1.51. The zero-order valence-electron chi connectivity index (χ0n) is 8.64. The third-order valence-electron chi connectivity index (χ3n) is 2.33. The first-order valence-corrected chi connectivity index (χ1v) is 5.02. The Morgan fingerprint density at radius 1 is 1.33 bits per heavy atom. The van der Waals surface area contributed by atoms with E-state index in [0.717, 1.165) is 16.6 Å². The number of benzene rings is 1. The molecule has 3 heteroatoms. The van der Waals surface area contributed by atoms with Gasteiger partial charge >= 0.3 is 0 Å². The van der Waals surface area contributed by atoms with Gasteiger partial charge in [-0.1, -0.05) is 24.3 Å². The summed E-state index contributed by atoms with van der Waals surface area (Å²) >= 11 is 0. The highest BCUT2D eigenvalue weighted by Crippen LogP contribution is 2.20. The van der Waals surface area contributed by atoms with Gasteiger partial charge in [0.2, 0.25) is 0 Å². The van der Waals surface area contributed by atoms with Gasteiger partial charge in [0, 0.05) is 17.6 Å². The van der Waals surface area contributed by atoms with Crippen LogP contribution in [0.5, 0.6) is 0 Å². The zero-order chi connectivity index (χ0) is 10.7. The summed E-state index contributed by atoms with van der Waals surface area (Å²) in [4.78, 5) is 4.27. The number of rotatable bonds is 3. The second-order valence-corrected chi connectivity index (χ2v) is 3.61. The van der Waals surface area contributed by atoms with Crippen LogP contribution in [0.15, 0.2) is 36.5 Å². The number of nitrogens with one attached hydrogen (secondary N) is 1. The molecule has 0 aliphatic carbocycles. The first kappa shape index (κ1) is 9.93.